The van der Waals surface area contributed by atoms with Gasteiger partial charge in [0.2, 0.25) is 0 Å². The minimum Gasteiger partial charge on any atom is -0.466 e. The van der Waals surface area contributed by atoms with Crippen LogP contribution in [-0.2, 0) is 9.53 Å². The molecule has 4 heteroatoms. The van der Waals surface area contributed by atoms with Crippen molar-refractivity contribution in [2.75, 3.05) is 17.3 Å². The molecule has 0 aliphatic rings. The van der Waals surface area contributed by atoms with Gasteiger partial charge >= 0.3 is 5.97 Å². The van der Waals surface area contributed by atoms with Crippen molar-refractivity contribution in [2.45, 2.75) is 13.8 Å². The Morgan fingerprint density at radius 2 is 1.80 bits per heavy atom. The quantitative estimate of drug-likeness (QED) is 0.571. The summed E-state index contributed by atoms with van der Waals surface area (Å²) in [5, 5.41) is 2.10. The summed E-state index contributed by atoms with van der Waals surface area (Å²) < 4.78 is 4.40. The van der Waals surface area contributed by atoms with Crippen molar-refractivity contribution in [1.29, 1.82) is 0 Å². The third-order valence-electron chi connectivity index (χ3n) is 0.419. The SMILES string of the molecule is BrCCBr.CCOC(C)=O. The van der Waals surface area contributed by atoms with E-state index in [2.05, 4.69) is 36.6 Å². The van der Waals surface area contributed by atoms with Gasteiger partial charge in [0.15, 0.2) is 0 Å². The maximum Gasteiger partial charge on any atom is 0.302 e. The van der Waals surface area contributed by atoms with Crippen molar-refractivity contribution in [3.8, 4) is 0 Å². The number of rotatable bonds is 2. The lowest BCUT2D eigenvalue weighted by molar-refractivity contribution is -0.140. The van der Waals surface area contributed by atoms with Crippen LogP contribution in [0.4, 0.5) is 0 Å². The van der Waals surface area contributed by atoms with Crippen molar-refractivity contribution >= 4 is 37.8 Å². The van der Waals surface area contributed by atoms with Crippen LogP contribution < -0.4 is 0 Å². The molecule has 62 valence electrons. The van der Waals surface area contributed by atoms with Gasteiger partial charge < -0.3 is 4.74 Å². The summed E-state index contributed by atoms with van der Waals surface area (Å²) in [6, 6.07) is 0. The van der Waals surface area contributed by atoms with E-state index in [0.29, 0.717) is 6.61 Å². The van der Waals surface area contributed by atoms with Gasteiger partial charge in [0.1, 0.15) is 0 Å². The topological polar surface area (TPSA) is 26.3 Å². The highest BCUT2D eigenvalue weighted by Gasteiger charge is 1.81. The number of ether oxygens (including phenoxy) is 1. The molecule has 0 N–H and O–H groups in total. The van der Waals surface area contributed by atoms with Gasteiger partial charge in [-0.15, -0.1) is 0 Å². The Morgan fingerprint density at radius 1 is 1.40 bits per heavy atom. The Bertz CT molecular complexity index is 74.1. The van der Waals surface area contributed by atoms with Crippen LogP contribution >= 0.6 is 31.9 Å². The van der Waals surface area contributed by atoms with E-state index in [0.717, 1.165) is 10.7 Å². The fourth-order valence-corrected chi connectivity index (χ4v) is 0.203. The number of hydrogen-bond acceptors (Lipinski definition) is 2. The number of halogens is 2. The normalized spacial score (nSPS) is 7.60. The predicted molar refractivity (Wildman–Crippen MR) is 49.9 cm³/mol. The van der Waals surface area contributed by atoms with E-state index < -0.39 is 0 Å². The highest BCUT2D eigenvalue weighted by Crippen LogP contribution is 1.82. The molecule has 0 saturated carbocycles. The van der Waals surface area contributed by atoms with Crippen LogP contribution in [0.5, 0.6) is 0 Å². The van der Waals surface area contributed by atoms with E-state index in [4.69, 9.17) is 0 Å². The van der Waals surface area contributed by atoms with Crippen molar-refractivity contribution < 1.29 is 9.53 Å². The van der Waals surface area contributed by atoms with Gasteiger partial charge in [-0.05, 0) is 6.92 Å². The minimum absolute atomic E-state index is 0.211. The third kappa shape index (κ3) is 23.7. The number of esters is 1. The Kier molecular flexibility index (Phi) is 15.8. The average Bonchev–Trinajstić information content (AvgIpc) is 1.89. The fourth-order valence-electron chi connectivity index (χ4n) is 0.203. The van der Waals surface area contributed by atoms with Gasteiger partial charge in [-0.1, -0.05) is 31.9 Å². The maximum atomic E-state index is 9.82. The van der Waals surface area contributed by atoms with E-state index in [1.165, 1.54) is 6.92 Å². The summed E-state index contributed by atoms with van der Waals surface area (Å²) in [6.07, 6.45) is 0. The van der Waals surface area contributed by atoms with E-state index in [9.17, 15) is 4.79 Å². The molecule has 0 aliphatic carbocycles. The van der Waals surface area contributed by atoms with Crippen LogP contribution in [0.2, 0.25) is 0 Å². The Morgan fingerprint density at radius 3 is 1.80 bits per heavy atom. The van der Waals surface area contributed by atoms with Crippen molar-refractivity contribution in [3.05, 3.63) is 0 Å². The first-order valence-corrected chi connectivity index (χ1v) is 5.18. The first-order chi connectivity index (χ1) is 4.68. The molecule has 10 heavy (non-hydrogen) atoms. The number of carbonyl (C=O) groups is 1. The molecule has 0 spiro atoms. The van der Waals surface area contributed by atoms with E-state index >= 15 is 0 Å². The fraction of sp³-hybridized carbons (Fsp3) is 0.833. The van der Waals surface area contributed by atoms with Gasteiger partial charge in [0.05, 0.1) is 6.61 Å². The van der Waals surface area contributed by atoms with Crippen LogP contribution in [0.3, 0.4) is 0 Å². The van der Waals surface area contributed by atoms with Crippen LogP contribution in [0, 0.1) is 0 Å². The molecule has 0 aromatic carbocycles. The van der Waals surface area contributed by atoms with Crippen molar-refractivity contribution in [3.63, 3.8) is 0 Å². The highest BCUT2D eigenvalue weighted by molar-refractivity contribution is 9.11. The van der Waals surface area contributed by atoms with E-state index in [1.807, 2.05) is 0 Å². The second-order valence-corrected chi connectivity index (χ2v) is 2.89. The van der Waals surface area contributed by atoms with Crippen LogP contribution in [0.15, 0.2) is 0 Å². The van der Waals surface area contributed by atoms with Gasteiger partial charge in [0, 0.05) is 17.6 Å². The lowest BCUT2D eigenvalue weighted by atomic mass is 10.8. The van der Waals surface area contributed by atoms with Crippen molar-refractivity contribution in [1.82, 2.24) is 0 Å². The summed E-state index contributed by atoms with van der Waals surface area (Å²) in [5.74, 6) is -0.211. The second-order valence-electron chi connectivity index (χ2n) is 1.30. The maximum absolute atomic E-state index is 9.82. The van der Waals surface area contributed by atoms with Gasteiger partial charge in [-0.3, -0.25) is 4.79 Å². The average molecular weight is 276 g/mol. The number of carbonyl (C=O) groups excluding carboxylic acids is 1. The van der Waals surface area contributed by atoms with E-state index in [-0.39, 0.29) is 5.97 Å². The lowest BCUT2D eigenvalue weighted by Crippen LogP contribution is -1.95. The second kappa shape index (κ2) is 12.1. The summed E-state index contributed by atoms with van der Waals surface area (Å²) >= 11 is 6.40. The van der Waals surface area contributed by atoms with Gasteiger partial charge in [-0.25, -0.2) is 0 Å². The molecule has 0 atom stereocenters. The van der Waals surface area contributed by atoms with Gasteiger partial charge in [-0.2, -0.15) is 0 Å². The summed E-state index contributed by atoms with van der Waals surface area (Å²) in [6.45, 7) is 3.65. The molecule has 2 nitrogen and oxygen atoms in total. The van der Waals surface area contributed by atoms with E-state index in [1.54, 1.807) is 6.92 Å². The first kappa shape index (κ1) is 13.1. The van der Waals surface area contributed by atoms with Gasteiger partial charge in [0.25, 0.3) is 0 Å². The molecule has 0 amide bonds. The highest BCUT2D eigenvalue weighted by atomic mass is 79.9. The molecule has 0 unspecified atom stereocenters. The summed E-state index contributed by atoms with van der Waals surface area (Å²) in [4.78, 5) is 9.82. The monoisotopic (exact) mass is 274 g/mol. The molecule has 0 fully saturated rings. The Labute approximate surface area is 78.6 Å². The number of alkyl halides is 2. The van der Waals surface area contributed by atoms with Crippen LogP contribution in [-0.4, -0.2) is 23.2 Å². The standard InChI is InChI=1S/C4H8O2.C2H4Br2/c1-3-6-4(2)5;3-1-2-4/h3H2,1-2H3;1-2H2. The Balaban J connectivity index is 0. The lowest BCUT2D eigenvalue weighted by Gasteiger charge is -1.89. The Hall–Kier alpha value is 0.430. The predicted octanol–water partition coefficient (Wildman–Crippen LogP) is 2.35. The summed E-state index contributed by atoms with van der Waals surface area (Å²) in [5.41, 5.74) is 0. The largest absolute Gasteiger partial charge is 0.466 e. The third-order valence-corrected chi connectivity index (χ3v) is 2.28. The first-order valence-electron chi connectivity index (χ1n) is 2.94. The number of hydrogen-bond donors (Lipinski definition) is 0. The minimum atomic E-state index is -0.211. The molecule has 0 bridgehead atoms. The molecule has 0 radical (unpaired) electrons. The molecule has 0 aromatic heterocycles. The van der Waals surface area contributed by atoms with Crippen LogP contribution in [0.25, 0.3) is 0 Å². The zero-order valence-electron chi connectivity index (χ0n) is 6.19. The zero-order valence-corrected chi connectivity index (χ0v) is 9.37. The molecule has 0 rings (SSSR count). The smallest absolute Gasteiger partial charge is 0.302 e. The molecular weight excluding hydrogens is 264 g/mol. The van der Waals surface area contributed by atoms with Crippen LogP contribution in [0.1, 0.15) is 13.8 Å². The molecule has 0 heterocycles. The molecule has 0 saturated heterocycles. The molecular formula is C6H12Br2O2. The molecule has 0 aromatic rings. The molecule has 0 aliphatic heterocycles. The zero-order chi connectivity index (χ0) is 8.41. The summed E-state index contributed by atoms with van der Waals surface area (Å²) in [7, 11) is 0. The van der Waals surface area contributed by atoms with Crippen molar-refractivity contribution in [2.24, 2.45) is 0 Å².